The maximum atomic E-state index is 12.6. The number of carbonyl (C=O) groups excluding carboxylic acids is 2. The molecule has 2 amide bonds. The summed E-state index contributed by atoms with van der Waals surface area (Å²) >= 11 is 0. The average molecular weight is 354 g/mol. The Bertz CT molecular complexity index is 811. The monoisotopic (exact) mass is 354 g/mol. The fraction of sp³-hybridized carbons (Fsp3) is 0.444. The van der Waals surface area contributed by atoms with Gasteiger partial charge in [-0.15, -0.1) is 0 Å². The third kappa shape index (κ3) is 3.68. The molecule has 0 spiro atoms. The standard InChI is InChI=1S/C18H22N6O2/c1-24-10-12(9-20-24)17-14(5-7-16(25)23-17)22-18(26)11-2-6-15(19-8-11)21-13-3-4-13/h2,6,8-10,13-14,17H,3-5,7H2,1H3,(H,19,21)(H,22,26)(H,23,25)/t14-,17+/m0/s1. The van der Waals surface area contributed by atoms with Crippen LogP contribution in [0.25, 0.3) is 0 Å². The van der Waals surface area contributed by atoms with Gasteiger partial charge >= 0.3 is 0 Å². The SMILES string of the molecule is Cn1cc([C@H]2NC(=O)CC[C@@H]2NC(=O)c2ccc(NC3CC3)nc2)cn1. The predicted molar refractivity (Wildman–Crippen MR) is 95.5 cm³/mol. The molecule has 136 valence electrons. The predicted octanol–water partition coefficient (Wildman–Crippen LogP) is 1.14. The Hall–Kier alpha value is -2.90. The van der Waals surface area contributed by atoms with Crippen LogP contribution < -0.4 is 16.0 Å². The summed E-state index contributed by atoms with van der Waals surface area (Å²) in [5, 5.41) is 13.5. The number of carbonyl (C=O) groups is 2. The fourth-order valence-corrected chi connectivity index (χ4v) is 3.17. The number of nitrogens with zero attached hydrogens (tertiary/aromatic N) is 3. The van der Waals surface area contributed by atoms with E-state index in [1.165, 1.54) is 12.8 Å². The van der Waals surface area contributed by atoms with Gasteiger partial charge in [0.15, 0.2) is 0 Å². The minimum atomic E-state index is -0.280. The van der Waals surface area contributed by atoms with E-state index in [1.54, 1.807) is 23.1 Å². The maximum absolute atomic E-state index is 12.6. The quantitative estimate of drug-likeness (QED) is 0.747. The zero-order valence-corrected chi connectivity index (χ0v) is 14.6. The Morgan fingerprint density at radius 3 is 2.77 bits per heavy atom. The van der Waals surface area contributed by atoms with Crippen molar-refractivity contribution in [2.24, 2.45) is 7.05 Å². The summed E-state index contributed by atoms with van der Waals surface area (Å²) in [6.07, 6.45) is 8.49. The summed E-state index contributed by atoms with van der Waals surface area (Å²) < 4.78 is 1.69. The largest absolute Gasteiger partial charge is 0.367 e. The van der Waals surface area contributed by atoms with Crippen LogP contribution in [0.1, 0.15) is 47.6 Å². The summed E-state index contributed by atoms with van der Waals surface area (Å²) in [4.78, 5) is 28.7. The zero-order chi connectivity index (χ0) is 18.1. The van der Waals surface area contributed by atoms with E-state index in [2.05, 4.69) is 26.0 Å². The molecule has 4 rings (SSSR count). The molecule has 0 radical (unpaired) electrons. The number of hydrogen-bond donors (Lipinski definition) is 3. The molecule has 8 heteroatoms. The number of piperidine rings is 1. The van der Waals surface area contributed by atoms with Gasteiger partial charge in [-0.25, -0.2) is 4.98 Å². The fourth-order valence-electron chi connectivity index (χ4n) is 3.17. The van der Waals surface area contributed by atoms with E-state index in [-0.39, 0.29) is 23.9 Å². The van der Waals surface area contributed by atoms with Gasteiger partial charge in [-0.1, -0.05) is 0 Å². The third-order valence-corrected chi connectivity index (χ3v) is 4.76. The van der Waals surface area contributed by atoms with Crippen molar-refractivity contribution in [2.75, 3.05) is 5.32 Å². The van der Waals surface area contributed by atoms with Gasteiger partial charge in [0, 0.05) is 37.5 Å². The Morgan fingerprint density at radius 1 is 1.27 bits per heavy atom. The van der Waals surface area contributed by atoms with Gasteiger partial charge in [0.2, 0.25) is 5.91 Å². The van der Waals surface area contributed by atoms with E-state index in [1.807, 2.05) is 19.3 Å². The lowest BCUT2D eigenvalue weighted by molar-refractivity contribution is -0.123. The van der Waals surface area contributed by atoms with Crippen molar-refractivity contribution in [1.29, 1.82) is 0 Å². The number of aromatic nitrogens is 3. The summed E-state index contributed by atoms with van der Waals surface area (Å²) in [6.45, 7) is 0. The van der Waals surface area contributed by atoms with Crippen LogP contribution in [0.15, 0.2) is 30.7 Å². The zero-order valence-electron chi connectivity index (χ0n) is 14.6. The second-order valence-electron chi connectivity index (χ2n) is 6.96. The van der Waals surface area contributed by atoms with Crippen LogP contribution in [0, 0.1) is 0 Å². The van der Waals surface area contributed by atoms with Crippen molar-refractivity contribution in [3.63, 3.8) is 0 Å². The van der Waals surface area contributed by atoms with Gasteiger partial charge in [-0.2, -0.15) is 5.10 Å². The van der Waals surface area contributed by atoms with E-state index in [9.17, 15) is 9.59 Å². The molecule has 3 heterocycles. The van der Waals surface area contributed by atoms with Crippen molar-refractivity contribution >= 4 is 17.6 Å². The van der Waals surface area contributed by atoms with Gasteiger partial charge in [-0.3, -0.25) is 14.3 Å². The molecule has 2 aromatic heterocycles. The topological polar surface area (TPSA) is 101 Å². The summed E-state index contributed by atoms with van der Waals surface area (Å²) in [5.74, 6) is 0.592. The summed E-state index contributed by atoms with van der Waals surface area (Å²) in [6, 6.07) is 3.65. The second-order valence-corrected chi connectivity index (χ2v) is 6.96. The first kappa shape index (κ1) is 16.6. The minimum Gasteiger partial charge on any atom is -0.367 e. The molecule has 2 aliphatic rings. The minimum absolute atomic E-state index is 0.0125. The summed E-state index contributed by atoms with van der Waals surface area (Å²) in [7, 11) is 1.82. The smallest absolute Gasteiger partial charge is 0.253 e. The Labute approximate surface area is 151 Å². The number of anilines is 1. The van der Waals surface area contributed by atoms with Crippen molar-refractivity contribution < 1.29 is 9.59 Å². The number of hydrogen-bond acceptors (Lipinski definition) is 5. The Morgan fingerprint density at radius 2 is 2.12 bits per heavy atom. The molecule has 1 saturated heterocycles. The average Bonchev–Trinajstić information content (AvgIpc) is 3.34. The van der Waals surface area contributed by atoms with E-state index in [0.29, 0.717) is 24.4 Å². The molecule has 2 atom stereocenters. The van der Waals surface area contributed by atoms with Gasteiger partial charge < -0.3 is 16.0 Å². The molecule has 1 aliphatic heterocycles. The highest BCUT2D eigenvalue weighted by Gasteiger charge is 2.32. The van der Waals surface area contributed by atoms with Gasteiger partial charge in [-0.05, 0) is 31.4 Å². The maximum Gasteiger partial charge on any atom is 0.253 e. The summed E-state index contributed by atoms with van der Waals surface area (Å²) in [5.41, 5.74) is 1.39. The van der Waals surface area contributed by atoms with Crippen molar-refractivity contribution in [3.05, 3.63) is 41.9 Å². The molecule has 26 heavy (non-hydrogen) atoms. The highest BCUT2D eigenvalue weighted by molar-refractivity contribution is 5.94. The molecule has 0 aromatic carbocycles. The van der Waals surface area contributed by atoms with Crippen LogP contribution in [0.2, 0.25) is 0 Å². The molecule has 0 bridgehead atoms. The molecule has 3 N–H and O–H groups in total. The lowest BCUT2D eigenvalue weighted by atomic mass is 9.93. The molecular formula is C18H22N6O2. The first-order valence-corrected chi connectivity index (χ1v) is 8.90. The van der Waals surface area contributed by atoms with Crippen LogP contribution >= 0.6 is 0 Å². The molecule has 0 unspecified atom stereocenters. The van der Waals surface area contributed by atoms with Crippen molar-refractivity contribution in [3.8, 4) is 0 Å². The van der Waals surface area contributed by atoms with Crippen molar-refractivity contribution in [1.82, 2.24) is 25.4 Å². The molecule has 2 fully saturated rings. The Balaban J connectivity index is 1.45. The first-order chi connectivity index (χ1) is 12.6. The van der Waals surface area contributed by atoms with Gasteiger partial charge in [0.25, 0.3) is 5.91 Å². The van der Waals surface area contributed by atoms with E-state index >= 15 is 0 Å². The van der Waals surface area contributed by atoms with E-state index < -0.39 is 0 Å². The highest BCUT2D eigenvalue weighted by Crippen LogP contribution is 2.25. The third-order valence-electron chi connectivity index (χ3n) is 4.76. The van der Waals surface area contributed by atoms with Gasteiger partial charge in [0.05, 0.1) is 23.8 Å². The number of aryl methyl sites for hydroxylation is 1. The lowest BCUT2D eigenvalue weighted by Gasteiger charge is -2.32. The van der Waals surface area contributed by atoms with E-state index in [0.717, 1.165) is 11.4 Å². The number of amides is 2. The molecule has 1 saturated carbocycles. The molecule has 1 aliphatic carbocycles. The second kappa shape index (κ2) is 6.78. The number of pyridine rings is 1. The van der Waals surface area contributed by atoms with Crippen LogP contribution in [0.5, 0.6) is 0 Å². The molecule has 2 aromatic rings. The first-order valence-electron chi connectivity index (χ1n) is 8.90. The number of nitrogens with one attached hydrogen (secondary N) is 3. The lowest BCUT2D eigenvalue weighted by Crippen LogP contribution is -2.50. The molecular weight excluding hydrogens is 332 g/mol. The van der Waals surface area contributed by atoms with Crippen LogP contribution in [-0.4, -0.2) is 38.7 Å². The van der Waals surface area contributed by atoms with E-state index in [4.69, 9.17) is 0 Å². The molecule has 8 nitrogen and oxygen atoms in total. The Kier molecular flexibility index (Phi) is 4.32. The number of rotatable bonds is 5. The van der Waals surface area contributed by atoms with Crippen molar-refractivity contribution in [2.45, 2.75) is 43.8 Å². The van der Waals surface area contributed by atoms with Crippen LogP contribution in [0.3, 0.4) is 0 Å². The normalized spacial score (nSPS) is 22.6. The van der Waals surface area contributed by atoms with Crippen LogP contribution in [-0.2, 0) is 11.8 Å². The van der Waals surface area contributed by atoms with Gasteiger partial charge in [0.1, 0.15) is 5.82 Å². The highest BCUT2D eigenvalue weighted by atomic mass is 16.2. The van der Waals surface area contributed by atoms with Crippen LogP contribution in [0.4, 0.5) is 5.82 Å².